The van der Waals surface area contributed by atoms with Crippen LogP contribution in [0.4, 0.5) is 0 Å². The van der Waals surface area contributed by atoms with Gasteiger partial charge in [0.1, 0.15) is 0 Å². The Hall–Kier alpha value is -1.25. The summed E-state index contributed by atoms with van der Waals surface area (Å²) in [5, 5.41) is 0. The fraction of sp³-hybridized carbons (Fsp3) is 0.250. The third-order valence-corrected chi connectivity index (χ3v) is 4.15. The Morgan fingerprint density at radius 3 is 2.50 bits per heavy atom. The molecule has 1 unspecified atom stereocenters. The molecule has 0 fully saturated rings. The van der Waals surface area contributed by atoms with Crippen LogP contribution in [0.5, 0.6) is 0 Å². The minimum absolute atomic E-state index is 0.428. The maximum absolute atomic E-state index is 5.89. The van der Waals surface area contributed by atoms with Crippen molar-refractivity contribution in [1.29, 1.82) is 0 Å². The average Bonchev–Trinajstić information content (AvgIpc) is 2.41. The molecule has 0 aliphatic carbocycles. The van der Waals surface area contributed by atoms with Crippen LogP contribution >= 0.6 is 11.8 Å². The van der Waals surface area contributed by atoms with Crippen molar-refractivity contribution in [2.24, 2.45) is 5.73 Å². The molecule has 2 N–H and O–H groups in total. The van der Waals surface area contributed by atoms with Crippen LogP contribution < -0.4 is 5.73 Å². The predicted octanol–water partition coefficient (Wildman–Crippen LogP) is 3.83. The highest BCUT2D eigenvalue weighted by Crippen LogP contribution is 2.26. The van der Waals surface area contributed by atoms with E-state index in [0.29, 0.717) is 12.5 Å². The predicted molar refractivity (Wildman–Crippen MR) is 80.1 cm³/mol. The zero-order valence-electron chi connectivity index (χ0n) is 10.7. The van der Waals surface area contributed by atoms with Crippen molar-refractivity contribution in [3.63, 3.8) is 0 Å². The topological polar surface area (TPSA) is 26.0 Å². The highest BCUT2D eigenvalue weighted by molar-refractivity contribution is 7.99. The van der Waals surface area contributed by atoms with Gasteiger partial charge in [0.25, 0.3) is 0 Å². The van der Waals surface area contributed by atoms with E-state index in [1.165, 1.54) is 16.0 Å². The van der Waals surface area contributed by atoms with Gasteiger partial charge in [-0.25, -0.2) is 0 Å². The van der Waals surface area contributed by atoms with E-state index in [-0.39, 0.29) is 0 Å². The molecule has 0 aromatic heterocycles. The molecule has 18 heavy (non-hydrogen) atoms. The first-order valence-electron chi connectivity index (χ1n) is 6.24. The maximum Gasteiger partial charge on any atom is 0.00748 e. The first kappa shape index (κ1) is 13.2. The Morgan fingerprint density at radius 2 is 1.83 bits per heavy atom. The second-order valence-corrected chi connectivity index (χ2v) is 5.56. The lowest BCUT2D eigenvalue weighted by molar-refractivity contribution is 0.785. The van der Waals surface area contributed by atoms with Crippen molar-refractivity contribution in [2.45, 2.75) is 17.7 Å². The fourth-order valence-corrected chi connectivity index (χ4v) is 3.09. The van der Waals surface area contributed by atoms with Gasteiger partial charge in [0.05, 0.1) is 0 Å². The van der Waals surface area contributed by atoms with Gasteiger partial charge in [0.2, 0.25) is 0 Å². The quantitative estimate of drug-likeness (QED) is 0.824. The molecule has 0 saturated carbocycles. The lowest BCUT2D eigenvalue weighted by atomic mass is 10.0. The summed E-state index contributed by atoms with van der Waals surface area (Å²) in [5.74, 6) is 1.46. The van der Waals surface area contributed by atoms with E-state index in [9.17, 15) is 0 Å². The summed E-state index contributed by atoms with van der Waals surface area (Å²) < 4.78 is 0. The number of aryl methyl sites for hydroxylation is 1. The maximum atomic E-state index is 5.89. The molecule has 2 aromatic carbocycles. The second kappa shape index (κ2) is 6.62. The molecule has 0 heterocycles. The van der Waals surface area contributed by atoms with Crippen molar-refractivity contribution in [1.82, 2.24) is 0 Å². The average molecular weight is 257 g/mol. The van der Waals surface area contributed by atoms with Gasteiger partial charge in [-0.1, -0.05) is 48.0 Å². The summed E-state index contributed by atoms with van der Waals surface area (Å²) >= 11 is 1.88. The van der Waals surface area contributed by atoms with Gasteiger partial charge in [-0.3, -0.25) is 0 Å². The summed E-state index contributed by atoms with van der Waals surface area (Å²) in [6, 6.07) is 19.1. The first-order chi connectivity index (χ1) is 8.79. The van der Waals surface area contributed by atoms with Gasteiger partial charge < -0.3 is 5.73 Å². The third-order valence-electron chi connectivity index (χ3n) is 3.00. The van der Waals surface area contributed by atoms with E-state index in [2.05, 4.69) is 55.5 Å². The van der Waals surface area contributed by atoms with Crippen molar-refractivity contribution in [3.8, 4) is 0 Å². The molecule has 2 aromatic rings. The van der Waals surface area contributed by atoms with Crippen LogP contribution in [-0.4, -0.2) is 12.3 Å². The van der Waals surface area contributed by atoms with E-state index in [0.717, 1.165) is 5.75 Å². The molecular formula is C16H19NS. The Bertz CT molecular complexity index is 481. The van der Waals surface area contributed by atoms with Crippen molar-refractivity contribution < 1.29 is 0 Å². The van der Waals surface area contributed by atoms with Crippen LogP contribution in [0.1, 0.15) is 17.0 Å². The van der Waals surface area contributed by atoms with E-state index < -0.39 is 0 Å². The smallest absolute Gasteiger partial charge is 0.00748 e. The van der Waals surface area contributed by atoms with Crippen molar-refractivity contribution >= 4 is 11.8 Å². The van der Waals surface area contributed by atoms with E-state index in [4.69, 9.17) is 5.73 Å². The first-order valence-corrected chi connectivity index (χ1v) is 7.22. The molecule has 0 radical (unpaired) electrons. The van der Waals surface area contributed by atoms with Crippen molar-refractivity contribution in [3.05, 3.63) is 65.7 Å². The molecule has 0 aliphatic rings. The molecule has 0 bridgehead atoms. The largest absolute Gasteiger partial charge is 0.330 e. The van der Waals surface area contributed by atoms with Crippen LogP contribution in [0.15, 0.2) is 59.5 Å². The summed E-state index contributed by atoms with van der Waals surface area (Å²) in [7, 11) is 0. The van der Waals surface area contributed by atoms with Gasteiger partial charge in [-0.15, -0.1) is 11.8 Å². The summed E-state index contributed by atoms with van der Waals surface area (Å²) in [6.07, 6.45) is 0. The molecular weight excluding hydrogens is 238 g/mol. The van der Waals surface area contributed by atoms with Crippen LogP contribution in [0, 0.1) is 6.92 Å². The Labute approximate surface area is 113 Å². The molecule has 0 saturated heterocycles. The van der Waals surface area contributed by atoms with Gasteiger partial charge >= 0.3 is 0 Å². The van der Waals surface area contributed by atoms with Gasteiger partial charge in [0.15, 0.2) is 0 Å². The number of rotatable bonds is 5. The highest BCUT2D eigenvalue weighted by Gasteiger charge is 2.09. The van der Waals surface area contributed by atoms with Gasteiger partial charge in [0, 0.05) is 16.6 Å². The summed E-state index contributed by atoms with van der Waals surface area (Å²) in [6.45, 7) is 2.82. The third kappa shape index (κ3) is 3.62. The minimum atomic E-state index is 0.428. The molecule has 2 rings (SSSR count). The molecule has 0 spiro atoms. The number of nitrogens with two attached hydrogens (primary N) is 1. The Balaban J connectivity index is 2.00. The fourth-order valence-electron chi connectivity index (χ4n) is 1.93. The standard InChI is InChI=1S/C16H19NS/c1-13-6-5-9-16(10-13)18-12-15(11-17)14-7-3-2-4-8-14/h2-10,15H,11-12,17H2,1H3. The van der Waals surface area contributed by atoms with Crippen LogP contribution in [0.2, 0.25) is 0 Å². The zero-order chi connectivity index (χ0) is 12.8. The number of thioether (sulfide) groups is 1. The SMILES string of the molecule is Cc1cccc(SCC(CN)c2ccccc2)c1. The molecule has 1 atom stereocenters. The van der Waals surface area contributed by atoms with Crippen molar-refractivity contribution in [2.75, 3.05) is 12.3 Å². The highest BCUT2D eigenvalue weighted by atomic mass is 32.2. The number of hydrogen-bond donors (Lipinski definition) is 1. The van der Waals surface area contributed by atoms with Gasteiger partial charge in [-0.05, 0) is 31.2 Å². The van der Waals surface area contributed by atoms with E-state index >= 15 is 0 Å². The van der Waals surface area contributed by atoms with Crippen LogP contribution in [0.3, 0.4) is 0 Å². The Morgan fingerprint density at radius 1 is 1.06 bits per heavy atom. The van der Waals surface area contributed by atoms with Gasteiger partial charge in [-0.2, -0.15) is 0 Å². The Kier molecular flexibility index (Phi) is 4.85. The minimum Gasteiger partial charge on any atom is -0.330 e. The lowest BCUT2D eigenvalue weighted by Gasteiger charge is -2.14. The zero-order valence-corrected chi connectivity index (χ0v) is 11.5. The molecule has 0 amide bonds. The van der Waals surface area contributed by atoms with Crippen LogP contribution in [0.25, 0.3) is 0 Å². The number of hydrogen-bond acceptors (Lipinski definition) is 2. The molecule has 1 nitrogen and oxygen atoms in total. The molecule has 2 heteroatoms. The van der Waals surface area contributed by atoms with E-state index in [1.54, 1.807) is 0 Å². The monoisotopic (exact) mass is 257 g/mol. The summed E-state index contributed by atoms with van der Waals surface area (Å²) in [4.78, 5) is 1.32. The van der Waals surface area contributed by atoms with Crippen LogP contribution in [-0.2, 0) is 0 Å². The molecule has 0 aliphatic heterocycles. The number of benzene rings is 2. The lowest BCUT2D eigenvalue weighted by Crippen LogP contribution is -2.14. The summed E-state index contributed by atoms with van der Waals surface area (Å²) in [5.41, 5.74) is 8.53. The normalized spacial score (nSPS) is 12.3. The molecule has 94 valence electrons. The second-order valence-electron chi connectivity index (χ2n) is 4.47. The van der Waals surface area contributed by atoms with E-state index in [1.807, 2.05) is 17.8 Å².